The van der Waals surface area contributed by atoms with Gasteiger partial charge in [0, 0.05) is 64.9 Å². The van der Waals surface area contributed by atoms with Gasteiger partial charge in [-0.05, 0) is 72.6 Å². The van der Waals surface area contributed by atoms with Crippen molar-refractivity contribution in [1.82, 2.24) is 0 Å². The van der Waals surface area contributed by atoms with Crippen LogP contribution in [0.1, 0.15) is 27.7 Å². The van der Waals surface area contributed by atoms with Crippen molar-refractivity contribution in [1.29, 1.82) is 0 Å². The first-order valence-electron chi connectivity index (χ1n) is 13.2. The van der Waals surface area contributed by atoms with E-state index < -0.39 is 8.07 Å². The van der Waals surface area contributed by atoms with E-state index in [2.05, 4.69) is 157 Å². The van der Waals surface area contributed by atoms with E-state index in [0.717, 1.165) is 0 Å². The summed E-state index contributed by atoms with van der Waals surface area (Å²) >= 11 is 0. The summed E-state index contributed by atoms with van der Waals surface area (Å²) < 4.78 is 0. The minimum absolute atomic E-state index is 0.316. The van der Waals surface area contributed by atoms with Crippen LogP contribution in [-0.4, -0.2) is 50.4 Å². The molecule has 0 saturated heterocycles. The van der Waals surface area contributed by atoms with E-state index in [1.165, 1.54) is 54.9 Å². The zero-order valence-corrected chi connectivity index (χ0v) is 25.3. The quantitative estimate of drug-likeness (QED) is 0.311. The molecule has 0 N–H and O–H groups in total. The molecule has 0 radical (unpaired) electrons. The number of anilines is 3. The van der Waals surface area contributed by atoms with Crippen molar-refractivity contribution in [2.45, 2.75) is 33.2 Å². The van der Waals surface area contributed by atoms with Crippen LogP contribution in [0.4, 0.5) is 17.1 Å². The Kier molecular flexibility index (Phi) is 7.43. The molecule has 0 aliphatic heterocycles. The Bertz CT molecular complexity index is 1210. The van der Waals surface area contributed by atoms with Crippen LogP contribution in [0.5, 0.6) is 0 Å². The lowest BCUT2D eigenvalue weighted by molar-refractivity contribution is 1.08. The highest BCUT2D eigenvalue weighted by Crippen LogP contribution is 2.48. The Balaban J connectivity index is 2.35. The van der Waals surface area contributed by atoms with Gasteiger partial charge in [-0.1, -0.05) is 65.7 Å². The number of rotatable bonds is 7. The predicted octanol–water partition coefficient (Wildman–Crippen LogP) is 5.41. The van der Waals surface area contributed by atoms with Gasteiger partial charge >= 0.3 is 0 Å². The normalized spacial score (nSPS) is 14.4. The summed E-state index contributed by atoms with van der Waals surface area (Å²) in [4.78, 5) is 6.92. The fourth-order valence-corrected chi connectivity index (χ4v) is 13.2. The van der Waals surface area contributed by atoms with E-state index in [0.29, 0.717) is 5.54 Å². The molecule has 3 nitrogen and oxygen atoms in total. The Morgan fingerprint density at radius 2 is 0.730 bits per heavy atom. The van der Waals surface area contributed by atoms with E-state index in [1.54, 1.807) is 0 Å². The van der Waals surface area contributed by atoms with Gasteiger partial charge in [0.2, 0.25) is 0 Å². The molecule has 0 saturated carbocycles. The highest BCUT2D eigenvalue weighted by Gasteiger charge is 2.53. The number of nitrogens with zero attached hydrogens (tertiary/aromatic N) is 3. The highest BCUT2D eigenvalue weighted by atomic mass is 28.3. The van der Waals surface area contributed by atoms with Crippen molar-refractivity contribution in [2.24, 2.45) is 0 Å². The number of benzene rings is 3. The summed E-state index contributed by atoms with van der Waals surface area (Å²) in [6, 6.07) is 27.5. The Hall–Kier alpha value is -3.24. The van der Waals surface area contributed by atoms with Crippen LogP contribution in [0.2, 0.25) is 5.54 Å². The molecular weight excluding hydrogens is 466 g/mol. The van der Waals surface area contributed by atoms with E-state index >= 15 is 0 Å². The smallest absolute Gasteiger partial charge is 0.166 e. The molecule has 0 atom stereocenters. The van der Waals surface area contributed by atoms with E-state index in [9.17, 15) is 0 Å². The van der Waals surface area contributed by atoms with Crippen LogP contribution in [0.25, 0.3) is 0 Å². The SMILES string of the molecule is CC1=C(C)C([Si](c2ccccc2N(C)C)(c2ccccc2N(C)C)c2ccccc2N(C)C)C(C)=C1C. The molecule has 0 amide bonds. The Morgan fingerprint density at radius 3 is 1.00 bits per heavy atom. The van der Waals surface area contributed by atoms with Crippen LogP contribution in [-0.2, 0) is 0 Å². The number of allylic oxidation sites excluding steroid dienone is 4. The van der Waals surface area contributed by atoms with Crippen molar-refractivity contribution in [2.75, 3.05) is 57.0 Å². The molecular formula is C33H43N3Si. The number of para-hydroxylation sites is 3. The lowest BCUT2D eigenvalue weighted by Crippen LogP contribution is -2.71. The molecule has 0 aromatic heterocycles. The first kappa shape index (κ1) is 26.8. The van der Waals surface area contributed by atoms with Crippen molar-refractivity contribution in [3.8, 4) is 0 Å². The second-order valence-corrected chi connectivity index (χ2v) is 14.9. The van der Waals surface area contributed by atoms with Crippen LogP contribution in [0, 0.1) is 0 Å². The lowest BCUT2D eigenvalue weighted by Gasteiger charge is -2.45. The number of hydrogen-bond donors (Lipinski definition) is 0. The summed E-state index contributed by atoms with van der Waals surface area (Å²) in [5.74, 6) is 0. The third-order valence-corrected chi connectivity index (χ3v) is 14.0. The van der Waals surface area contributed by atoms with Crippen LogP contribution >= 0.6 is 0 Å². The van der Waals surface area contributed by atoms with E-state index in [4.69, 9.17) is 0 Å². The minimum atomic E-state index is -2.76. The average molecular weight is 510 g/mol. The van der Waals surface area contributed by atoms with Gasteiger partial charge in [-0.15, -0.1) is 0 Å². The van der Waals surface area contributed by atoms with Crippen molar-refractivity contribution in [3.63, 3.8) is 0 Å². The molecule has 37 heavy (non-hydrogen) atoms. The molecule has 0 bridgehead atoms. The van der Waals surface area contributed by atoms with Gasteiger partial charge in [0.05, 0.1) is 0 Å². The zero-order valence-electron chi connectivity index (χ0n) is 24.3. The van der Waals surface area contributed by atoms with Gasteiger partial charge in [-0.3, -0.25) is 0 Å². The van der Waals surface area contributed by atoms with Crippen molar-refractivity contribution < 1.29 is 0 Å². The van der Waals surface area contributed by atoms with E-state index in [-0.39, 0.29) is 0 Å². The van der Waals surface area contributed by atoms with Crippen LogP contribution in [0.3, 0.4) is 0 Å². The third-order valence-electron chi connectivity index (χ3n) is 8.48. The van der Waals surface area contributed by atoms with Gasteiger partial charge in [0.15, 0.2) is 8.07 Å². The Labute approximate surface area is 225 Å². The molecule has 4 rings (SSSR count). The molecule has 3 aromatic rings. The second kappa shape index (κ2) is 10.3. The topological polar surface area (TPSA) is 9.72 Å². The van der Waals surface area contributed by atoms with Crippen molar-refractivity contribution in [3.05, 3.63) is 95.1 Å². The van der Waals surface area contributed by atoms with E-state index in [1.807, 2.05) is 0 Å². The molecule has 0 heterocycles. The molecule has 1 aliphatic carbocycles. The lowest BCUT2D eigenvalue weighted by atomic mass is 10.1. The monoisotopic (exact) mass is 509 g/mol. The molecule has 3 aromatic carbocycles. The molecule has 0 fully saturated rings. The summed E-state index contributed by atoms with van der Waals surface area (Å²) in [5, 5.41) is 4.40. The van der Waals surface area contributed by atoms with Gasteiger partial charge in [0.25, 0.3) is 0 Å². The molecule has 1 aliphatic rings. The van der Waals surface area contributed by atoms with Crippen molar-refractivity contribution >= 4 is 40.7 Å². The summed E-state index contributed by atoms with van der Waals surface area (Å²) in [6.07, 6.45) is 0. The van der Waals surface area contributed by atoms with Gasteiger partial charge < -0.3 is 14.7 Å². The molecule has 0 spiro atoms. The minimum Gasteiger partial charge on any atom is -0.378 e. The zero-order chi connectivity index (χ0) is 27.1. The highest BCUT2D eigenvalue weighted by molar-refractivity contribution is 7.15. The molecule has 194 valence electrons. The summed E-state index contributed by atoms with van der Waals surface area (Å²) in [5.41, 5.74) is 10.2. The number of hydrogen-bond acceptors (Lipinski definition) is 3. The molecule has 0 unspecified atom stereocenters. The summed E-state index contributed by atoms with van der Waals surface area (Å²) in [7, 11) is 10.3. The third kappa shape index (κ3) is 4.21. The van der Waals surface area contributed by atoms with Gasteiger partial charge in [-0.2, -0.15) is 0 Å². The largest absolute Gasteiger partial charge is 0.378 e. The first-order valence-corrected chi connectivity index (χ1v) is 15.3. The maximum absolute atomic E-state index is 2.76. The predicted molar refractivity (Wildman–Crippen MR) is 167 cm³/mol. The molecule has 4 heteroatoms. The van der Waals surface area contributed by atoms with Crippen LogP contribution in [0.15, 0.2) is 95.1 Å². The maximum atomic E-state index is 2.42. The van der Waals surface area contributed by atoms with Gasteiger partial charge in [0.1, 0.15) is 0 Å². The van der Waals surface area contributed by atoms with Crippen LogP contribution < -0.4 is 30.3 Å². The average Bonchev–Trinajstić information content (AvgIpc) is 3.08. The Morgan fingerprint density at radius 1 is 0.459 bits per heavy atom. The van der Waals surface area contributed by atoms with Gasteiger partial charge in [-0.25, -0.2) is 0 Å². The fraction of sp³-hybridized carbons (Fsp3) is 0.333. The first-order chi connectivity index (χ1) is 17.5. The standard InChI is InChI=1S/C33H43N3Si/c1-23-24(2)26(4)33(25(23)3)37(30-20-14-11-17-27(30)34(5)6,31-21-15-12-18-28(31)35(7)8)32-22-16-13-19-29(32)36(9)10/h11-22,33H,1-10H3. The fourth-order valence-electron chi connectivity index (χ4n) is 6.49. The maximum Gasteiger partial charge on any atom is 0.166 e. The summed E-state index contributed by atoms with van der Waals surface area (Å²) in [6.45, 7) is 9.41. The second-order valence-electron chi connectivity index (χ2n) is 11.1.